The van der Waals surface area contributed by atoms with Gasteiger partial charge in [-0.25, -0.2) is 0 Å². The highest BCUT2D eigenvalue weighted by molar-refractivity contribution is 5.58. The van der Waals surface area contributed by atoms with Gasteiger partial charge in [-0.3, -0.25) is 4.90 Å². The van der Waals surface area contributed by atoms with Crippen molar-refractivity contribution in [1.82, 2.24) is 15.0 Å². The van der Waals surface area contributed by atoms with Crippen molar-refractivity contribution >= 4 is 0 Å². The average Bonchev–Trinajstić information content (AvgIpc) is 3.07. The summed E-state index contributed by atoms with van der Waals surface area (Å²) in [6, 6.07) is 11.8. The highest BCUT2D eigenvalue weighted by Gasteiger charge is 2.17. The minimum atomic E-state index is -0.482. The van der Waals surface area contributed by atoms with Gasteiger partial charge < -0.3 is 19.3 Å². The van der Waals surface area contributed by atoms with Crippen LogP contribution in [0, 0.1) is 0 Å². The Kier molecular flexibility index (Phi) is 5.98. The summed E-state index contributed by atoms with van der Waals surface area (Å²) in [4.78, 5) is 4.57. The van der Waals surface area contributed by atoms with E-state index in [9.17, 15) is 5.11 Å². The molecule has 1 saturated heterocycles. The number of aromatic nitrogens is 1. The molecular formula is C18H25N3O3. The zero-order valence-corrected chi connectivity index (χ0v) is 14.1. The lowest BCUT2D eigenvalue weighted by Gasteiger charge is -2.33. The van der Waals surface area contributed by atoms with Crippen molar-refractivity contribution in [2.75, 3.05) is 46.4 Å². The van der Waals surface area contributed by atoms with Gasteiger partial charge in [-0.05, 0) is 7.05 Å². The van der Waals surface area contributed by atoms with Crippen LogP contribution in [0.15, 0.2) is 40.9 Å². The number of benzene rings is 1. The van der Waals surface area contributed by atoms with Crippen LogP contribution in [0.1, 0.15) is 5.76 Å². The molecule has 1 aliphatic rings. The number of aliphatic hydroxyl groups is 1. The Morgan fingerprint density at radius 2 is 1.96 bits per heavy atom. The first-order valence-corrected chi connectivity index (χ1v) is 8.38. The highest BCUT2D eigenvalue weighted by atomic mass is 16.5. The van der Waals surface area contributed by atoms with Crippen LogP contribution in [0.25, 0.3) is 11.3 Å². The molecule has 6 nitrogen and oxygen atoms in total. The largest absolute Gasteiger partial charge is 0.389 e. The summed E-state index contributed by atoms with van der Waals surface area (Å²) in [6.45, 7) is 5.36. The molecule has 130 valence electrons. The fourth-order valence-corrected chi connectivity index (χ4v) is 2.80. The van der Waals surface area contributed by atoms with Gasteiger partial charge in [0.2, 0.25) is 0 Å². The van der Waals surface area contributed by atoms with Gasteiger partial charge >= 0.3 is 0 Å². The molecule has 0 saturated carbocycles. The minimum absolute atomic E-state index is 0.299. The average molecular weight is 331 g/mol. The van der Waals surface area contributed by atoms with Crippen molar-refractivity contribution in [2.45, 2.75) is 12.7 Å². The van der Waals surface area contributed by atoms with Crippen LogP contribution >= 0.6 is 0 Å². The number of hydrogen-bond donors (Lipinski definition) is 1. The van der Waals surface area contributed by atoms with E-state index in [0.29, 0.717) is 25.5 Å². The van der Waals surface area contributed by atoms with Gasteiger partial charge in [0.15, 0.2) is 5.76 Å². The Hall–Kier alpha value is -1.73. The molecule has 0 radical (unpaired) electrons. The standard InChI is InChI=1S/C18H25N3O3/c1-20-7-9-21(10-8-20)12-16(22)13-23-14-17-11-18(19-24-17)15-5-3-2-4-6-15/h2-6,11,16,22H,7-10,12-14H2,1H3. The van der Waals surface area contributed by atoms with Crippen LogP contribution in [0.3, 0.4) is 0 Å². The van der Waals surface area contributed by atoms with Gasteiger partial charge in [-0.1, -0.05) is 35.5 Å². The zero-order chi connectivity index (χ0) is 16.8. The molecule has 6 heteroatoms. The molecule has 24 heavy (non-hydrogen) atoms. The van der Waals surface area contributed by atoms with Crippen LogP contribution in [0.2, 0.25) is 0 Å². The summed E-state index contributed by atoms with van der Waals surface area (Å²) < 4.78 is 10.9. The number of hydrogen-bond acceptors (Lipinski definition) is 6. The smallest absolute Gasteiger partial charge is 0.163 e. The Balaban J connectivity index is 1.39. The van der Waals surface area contributed by atoms with E-state index in [-0.39, 0.29) is 0 Å². The lowest BCUT2D eigenvalue weighted by molar-refractivity contribution is -0.00229. The summed E-state index contributed by atoms with van der Waals surface area (Å²) in [5.41, 5.74) is 1.81. The molecule has 0 amide bonds. The van der Waals surface area contributed by atoms with E-state index in [1.165, 1.54) is 0 Å². The molecule has 1 atom stereocenters. The van der Waals surface area contributed by atoms with E-state index in [0.717, 1.165) is 37.4 Å². The number of piperazine rings is 1. The molecule has 2 heterocycles. The lowest BCUT2D eigenvalue weighted by Crippen LogP contribution is -2.47. The van der Waals surface area contributed by atoms with Crippen molar-refractivity contribution < 1.29 is 14.4 Å². The molecule has 1 aromatic heterocycles. The fourth-order valence-electron chi connectivity index (χ4n) is 2.80. The fraction of sp³-hybridized carbons (Fsp3) is 0.500. The van der Waals surface area contributed by atoms with Gasteiger partial charge in [-0.2, -0.15) is 0 Å². The van der Waals surface area contributed by atoms with Crippen LogP contribution in [0.5, 0.6) is 0 Å². The van der Waals surface area contributed by atoms with E-state index < -0.39 is 6.10 Å². The summed E-state index contributed by atoms with van der Waals surface area (Å²) in [7, 11) is 2.12. The van der Waals surface area contributed by atoms with Crippen molar-refractivity contribution in [1.29, 1.82) is 0 Å². The van der Waals surface area contributed by atoms with Crippen molar-refractivity contribution in [2.24, 2.45) is 0 Å². The number of aliphatic hydroxyl groups excluding tert-OH is 1. The molecule has 0 aliphatic carbocycles. The normalized spacial score (nSPS) is 17.9. The van der Waals surface area contributed by atoms with Gasteiger partial charge in [-0.15, -0.1) is 0 Å². The summed E-state index contributed by atoms with van der Waals surface area (Å²) in [5, 5.41) is 14.2. The van der Waals surface area contributed by atoms with Crippen LogP contribution in [-0.2, 0) is 11.3 Å². The number of ether oxygens (including phenoxy) is 1. The number of likely N-dealkylation sites (N-methyl/N-ethyl adjacent to an activating group) is 1. The van der Waals surface area contributed by atoms with Crippen molar-refractivity contribution in [3.05, 3.63) is 42.2 Å². The van der Waals surface area contributed by atoms with Gasteiger partial charge in [0.05, 0.1) is 12.7 Å². The topological polar surface area (TPSA) is 62.0 Å². The predicted molar refractivity (Wildman–Crippen MR) is 91.5 cm³/mol. The Morgan fingerprint density at radius 1 is 1.21 bits per heavy atom. The number of nitrogens with zero attached hydrogens (tertiary/aromatic N) is 3. The summed E-state index contributed by atoms with van der Waals surface area (Å²) in [6.07, 6.45) is -0.482. The minimum Gasteiger partial charge on any atom is -0.389 e. The molecule has 1 aromatic carbocycles. The first kappa shape index (κ1) is 17.1. The van der Waals surface area contributed by atoms with Gasteiger partial charge in [0.25, 0.3) is 0 Å². The van der Waals surface area contributed by atoms with Crippen molar-refractivity contribution in [3.63, 3.8) is 0 Å². The number of β-amino-alcohol motifs (C(OH)–C–C–N with tert-alkyl or cyclic N) is 1. The maximum Gasteiger partial charge on any atom is 0.163 e. The highest BCUT2D eigenvalue weighted by Crippen LogP contribution is 2.18. The maximum absolute atomic E-state index is 10.1. The lowest BCUT2D eigenvalue weighted by atomic mass is 10.1. The van der Waals surface area contributed by atoms with E-state index >= 15 is 0 Å². The number of rotatable bonds is 7. The van der Waals surface area contributed by atoms with Crippen LogP contribution < -0.4 is 0 Å². The summed E-state index contributed by atoms with van der Waals surface area (Å²) >= 11 is 0. The first-order valence-electron chi connectivity index (χ1n) is 8.38. The third-order valence-electron chi connectivity index (χ3n) is 4.25. The Bertz CT molecular complexity index is 609. The van der Waals surface area contributed by atoms with E-state index in [4.69, 9.17) is 9.26 Å². The molecule has 1 unspecified atom stereocenters. The molecule has 1 N–H and O–H groups in total. The van der Waals surface area contributed by atoms with E-state index in [2.05, 4.69) is 22.0 Å². The van der Waals surface area contributed by atoms with Crippen LogP contribution in [-0.4, -0.2) is 72.5 Å². The molecule has 0 spiro atoms. The molecule has 2 aromatic rings. The van der Waals surface area contributed by atoms with Crippen LogP contribution in [0.4, 0.5) is 0 Å². The molecular weight excluding hydrogens is 306 g/mol. The third-order valence-corrected chi connectivity index (χ3v) is 4.25. The molecule has 0 bridgehead atoms. The SMILES string of the molecule is CN1CCN(CC(O)COCc2cc(-c3ccccc3)no2)CC1. The predicted octanol–water partition coefficient (Wildman–Crippen LogP) is 1.47. The first-order chi connectivity index (χ1) is 11.7. The molecule has 1 fully saturated rings. The summed E-state index contributed by atoms with van der Waals surface area (Å²) in [5.74, 6) is 0.667. The second kappa shape index (κ2) is 8.39. The van der Waals surface area contributed by atoms with E-state index in [1.807, 2.05) is 36.4 Å². The monoisotopic (exact) mass is 331 g/mol. The Morgan fingerprint density at radius 3 is 2.71 bits per heavy atom. The third kappa shape index (κ3) is 4.88. The van der Waals surface area contributed by atoms with Gasteiger partial charge in [0, 0.05) is 44.4 Å². The van der Waals surface area contributed by atoms with Gasteiger partial charge in [0.1, 0.15) is 12.3 Å². The molecule has 3 rings (SSSR count). The van der Waals surface area contributed by atoms with E-state index in [1.54, 1.807) is 0 Å². The van der Waals surface area contributed by atoms with Crippen molar-refractivity contribution in [3.8, 4) is 11.3 Å². The second-order valence-corrected chi connectivity index (χ2v) is 6.32. The second-order valence-electron chi connectivity index (χ2n) is 6.32. The quantitative estimate of drug-likeness (QED) is 0.829. The Labute approximate surface area is 142 Å². The molecule has 1 aliphatic heterocycles. The maximum atomic E-state index is 10.1. The zero-order valence-electron chi connectivity index (χ0n) is 14.1.